The van der Waals surface area contributed by atoms with Gasteiger partial charge in [0.1, 0.15) is 0 Å². The molecule has 0 saturated heterocycles. The van der Waals surface area contributed by atoms with Crippen molar-refractivity contribution in [3.05, 3.63) is 35.9 Å². The van der Waals surface area contributed by atoms with Gasteiger partial charge in [0.15, 0.2) is 5.41 Å². The van der Waals surface area contributed by atoms with Crippen LogP contribution < -0.4 is 0 Å². The van der Waals surface area contributed by atoms with E-state index in [1.165, 1.54) is 0 Å². The van der Waals surface area contributed by atoms with Gasteiger partial charge in [-0.1, -0.05) is 30.3 Å². The molecule has 0 saturated carbocycles. The molecule has 0 aliphatic heterocycles. The minimum Gasteiger partial charge on any atom is -0.465 e. The minimum absolute atomic E-state index is 0.307. The summed E-state index contributed by atoms with van der Waals surface area (Å²) in [5.41, 5.74) is 0.0737. The second-order valence-electron chi connectivity index (χ2n) is 4.15. The van der Waals surface area contributed by atoms with Gasteiger partial charge in [-0.2, -0.15) is 5.26 Å². The van der Waals surface area contributed by atoms with E-state index in [9.17, 15) is 4.79 Å². The topological polar surface area (TPSA) is 50.1 Å². The minimum atomic E-state index is -1.05. The highest BCUT2D eigenvalue weighted by Crippen LogP contribution is 2.24. The lowest BCUT2D eigenvalue weighted by Crippen LogP contribution is -2.29. The van der Waals surface area contributed by atoms with E-state index in [4.69, 9.17) is 10.00 Å². The zero-order valence-corrected chi connectivity index (χ0v) is 10.3. The highest BCUT2D eigenvalue weighted by atomic mass is 16.5. The van der Waals surface area contributed by atoms with Gasteiger partial charge in [-0.15, -0.1) is 0 Å². The maximum atomic E-state index is 11.7. The van der Waals surface area contributed by atoms with Crippen LogP contribution >= 0.6 is 0 Å². The predicted molar refractivity (Wildman–Crippen MR) is 65.1 cm³/mol. The molecule has 3 heteroatoms. The smallest absolute Gasteiger partial charge is 0.326 e. The van der Waals surface area contributed by atoms with Crippen molar-refractivity contribution < 1.29 is 9.53 Å². The Kier molecular flexibility index (Phi) is 4.71. The summed E-state index contributed by atoms with van der Waals surface area (Å²) < 4.78 is 4.92. The number of hydrogen-bond donors (Lipinski definition) is 0. The molecular formula is C14H17NO2. The van der Waals surface area contributed by atoms with Gasteiger partial charge >= 0.3 is 5.97 Å². The quantitative estimate of drug-likeness (QED) is 0.732. The van der Waals surface area contributed by atoms with Crippen LogP contribution in [0.4, 0.5) is 0 Å². The second kappa shape index (κ2) is 6.05. The number of esters is 1. The second-order valence-corrected chi connectivity index (χ2v) is 4.15. The standard InChI is InChI=1S/C14H17NO2/c1-3-17-13(16)14(2,11-15)10-9-12-7-5-4-6-8-12/h4-8H,3,9-10H2,1-2H3. The Morgan fingerprint density at radius 2 is 2.06 bits per heavy atom. The van der Waals surface area contributed by atoms with Gasteiger partial charge in [-0.3, -0.25) is 4.79 Å². The van der Waals surface area contributed by atoms with Crippen molar-refractivity contribution in [1.29, 1.82) is 5.26 Å². The van der Waals surface area contributed by atoms with Crippen molar-refractivity contribution in [2.45, 2.75) is 26.7 Å². The van der Waals surface area contributed by atoms with Crippen molar-refractivity contribution in [1.82, 2.24) is 0 Å². The van der Waals surface area contributed by atoms with E-state index >= 15 is 0 Å². The van der Waals surface area contributed by atoms with Gasteiger partial charge in [-0.25, -0.2) is 0 Å². The molecule has 1 unspecified atom stereocenters. The van der Waals surface area contributed by atoms with Gasteiger partial charge in [0.2, 0.25) is 0 Å². The summed E-state index contributed by atoms with van der Waals surface area (Å²) in [7, 11) is 0. The van der Waals surface area contributed by atoms with E-state index in [1.807, 2.05) is 30.3 Å². The summed E-state index contributed by atoms with van der Waals surface area (Å²) in [5, 5.41) is 9.11. The maximum absolute atomic E-state index is 11.7. The average molecular weight is 231 g/mol. The van der Waals surface area contributed by atoms with Crippen LogP contribution in [0.3, 0.4) is 0 Å². The maximum Gasteiger partial charge on any atom is 0.326 e. The van der Waals surface area contributed by atoms with Crippen LogP contribution in [0, 0.1) is 16.7 Å². The number of aryl methyl sites for hydroxylation is 1. The molecule has 0 fully saturated rings. The third-order valence-electron chi connectivity index (χ3n) is 2.73. The highest BCUT2D eigenvalue weighted by Gasteiger charge is 2.34. The number of nitrogens with zero attached hydrogens (tertiary/aromatic N) is 1. The van der Waals surface area contributed by atoms with Crippen molar-refractivity contribution in [3.63, 3.8) is 0 Å². The lowest BCUT2D eigenvalue weighted by molar-refractivity contribution is -0.151. The zero-order valence-electron chi connectivity index (χ0n) is 10.3. The molecular weight excluding hydrogens is 214 g/mol. The Labute approximate surface area is 102 Å². The molecule has 0 heterocycles. The number of rotatable bonds is 5. The number of benzene rings is 1. The van der Waals surface area contributed by atoms with Gasteiger partial charge in [0.05, 0.1) is 12.7 Å². The van der Waals surface area contributed by atoms with Gasteiger partial charge in [-0.05, 0) is 32.3 Å². The molecule has 1 rings (SSSR count). The summed E-state index contributed by atoms with van der Waals surface area (Å²) >= 11 is 0. The molecule has 3 nitrogen and oxygen atoms in total. The number of ether oxygens (including phenoxy) is 1. The zero-order chi connectivity index (χ0) is 12.7. The van der Waals surface area contributed by atoms with Crippen molar-refractivity contribution in [3.8, 4) is 6.07 Å². The first-order valence-electron chi connectivity index (χ1n) is 5.75. The van der Waals surface area contributed by atoms with E-state index in [2.05, 4.69) is 6.07 Å². The van der Waals surface area contributed by atoms with E-state index in [0.29, 0.717) is 19.4 Å². The largest absolute Gasteiger partial charge is 0.465 e. The first kappa shape index (κ1) is 13.2. The number of carbonyl (C=O) groups excluding carboxylic acids is 1. The van der Waals surface area contributed by atoms with Crippen LogP contribution in [0.1, 0.15) is 25.8 Å². The van der Waals surface area contributed by atoms with Crippen LogP contribution in [0.15, 0.2) is 30.3 Å². The molecule has 0 spiro atoms. The Bertz CT molecular complexity index is 408. The van der Waals surface area contributed by atoms with Crippen LogP contribution in [-0.2, 0) is 16.0 Å². The Morgan fingerprint density at radius 3 is 2.59 bits per heavy atom. The first-order valence-corrected chi connectivity index (χ1v) is 5.75. The highest BCUT2D eigenvalue weighted by molar-refractivity contribution is 5.79. The Balaban J connectivity index is 2.65. The van der Waals surface area contributed by atoms with Gasteiger partial charge in [0, 0.05) is 0 Å². The first-order chi connectivity index (χ1) is 8.12. The third-order valence-corrected chi connectivity index (χ3v) is 2.73. The summed E-state index contributed by atoms with van der Waals surface area (Å²) in [6.07, 6.45) is 1.18. The van der Waals surface area contributed by atoms with E-state index in [1.54, 1.807) is 13.8 Å². The molecule has 17 heavy (non-hydrogen) atoms. The molecule has 0 aliphatic rings. The van der Waals surface area contributed by atoms with Gasteiger partial charge < -0.3 is 4.74 Å². The lowest BCUT2D eigenvalue weighted by atomic mass is 9.86. The molecule has 1 aromatic carbocycles. The fraction of sp³-hybridized carbons (Fsp3) is 0.429. The monoisotopic (exact) mass is 231 g/mol. The average Bonchev–Trinajstić information content (AvgIpc) is 2.37. The molecule has 0 aliphatic carbocycles. The SMILES string of the molecule is CCOC(=O)C(C)(C#N)CCc1ccccc1. The third kappa shape index (κ3) is 3.60. The fourth-order valence-electron chi connectivity index (χ4n) is 1.53. The molecule has 1 aromatic rings. The molecule has 1 atom stereocenters. The Hall–Kier alpha value is -1.82. The van der Waals surface area contributed by atoms with E-state index in [0.717, 1.165) is 5.56 Å². The molecule has 0 N–H and O–H groups in total. The predicted octanol–water partition coefficient (Wildman–Crippen LogP) is 2.71. The lowest BCUT2D eigenvalue weighted by Gasteiger charge is -2.19. The van der Waals surface area contributed by atoms with Crippen LogP contribution in [0.5, 0.6) is 0 Å². The normalized spacial score (nSPS) is 13.5. The van der Waals surface area contributed by atoms with Crippen LogP contribution in [0.25, 0.3) is 0 Å². The molecule has 90 valence electrons. The Morgan fingerprint density at radius 1 is 1.41 bits per heavy atom. The van der Waals surface area contributed by atoms with Crippen LogP contribution in [0.2, 0.25) is 0 Å². The van der Waals surface area contributed by atoms with E-state index in [-0.39, 0.29) is 0 Å². The van der Waals surface area contributed by atoms with Crippen molar-refractivity contribution in [2.24, 2.45) is 5.41 Å². The number of hydrogen-bond acceptors (Lipinski definition) is 3. The molecule has 0 aromatic heterocycles. The van der Waals surface area contributed by atoms with Crippen molar-refractivity contribution >= 4 is 5.97 Å². The van der Waals surface area contributed by atoms with Gasteiger partial charge in [0.25, 0.3) is 0 Å². The van der Waals surface area contributed by atoms with E-state index < -0.39 is 11.4 Å². The summed E-state index contributed by atoms with van der Waals surface area (Å²) in [4.78, 5) is 11.7. The molecule has 0 amide bonds. The molecule has 0 radical (unpaired) electrons. The summed E-state index contributed by atoms with van der Waals surface area (Å²) in [5.74, 6) is -0.432. The summed E-state index contributed by atoms with van der Waals surface area (Å²) in [6.45, 7) is 3.68. The fourth-order valence-corrected chi connectivity index (χ4v) is 1.53. The number of carbonyl (C=O) groups is 1. The summed E-state index contributed by atoms with van der Waals surface area (Å²) in [6, 6.07) is 11.9. The van der Waals surface area contributed by atoms with Crippen molar-refractivity contribution in [2.75, 3.05) is 6.61 Å². The molecule has 0 bridgehead atoms. The van der Waals surface area contributed by atoms with Crippen LogP contribution in [-0.4, -0.2) is 12.6 Å². The number of nitriles is 1.